The van der Waals surface area contributed by atoms with Crippen molar-refractivity contribution in [1.82, 2.24) is 14.8 Å². The van der Waals surface area contributed by atoms with E-state index in [1.165, 1.54) is 0 Å². The number of amides is 2. The van der Waals surface area contributed by atoms with Crippen molar-refractivity contribution in [2.24, 2.45) is 5.41 Å². The highest BCUT2D eigenvalue weighted by molar-refractivity contribution is 5.92. The molecule has 1 aromatic heterocycles. The fraction of sp³-hybridized carbons (Fsp3) is 0.650. The number of ether oxygens (including phenoxy) is 1. The smallest absolute Gasteiger partial charge is 0.275 e. The molecule has 3 fully saturated rings. The predicted octanol–water partition coefficient (Wildman–Crippen LogP) is 2.38. The van der Waals surface area contributed by atoms with E-state index in [1.807, 2.05) is 4.90 Å². The molecule has 0 saturated carbocycles. The minimum atomic E-state index is -0.934. The lowest BCUT2D eigenvalue weighted by molar-refractivity contribution is -0.141. The van der Waals surface area contributed by atoms with Gasteiger partial charge in [0.25, 0.3) is 5.91 Å². The number of carbonyl (C=O) groups excluding carboxylic acids is 2. The maximum atomic E-state index is 13.9. The largest absolute Gasteiger partial charge is 0.376 e. The van der Waals surface area contributed by atoms with E-state index in [-0.39, 0.29) is 23.1 Å². The van der Waals surface area contributed by atoms with E-state index in [9.17, 15) is 18.4 Å². The number of likely N-dealkylation sites (tertiary alicyclic amines) is 2. The molecule has 3 saturated heterocycles. The SMILES string of the molecule is O=C1CCC2(CCN(C(=O)c3ncc(F)cc3F)CC2)CN1CC1CCCO1. The van der Waals surface area contributed by atoms with E-state index in [0.29, 0.717) is 38.7 Å². The van der Waals surface area contributed by atoms with Gasteiger partial charge in [-0.1, -0.05) is 0 Å². The van der Waals surface area contributed by atoms with Gasteiger partial charge >= 0.3 is 0 Å². The second kappa shape index (κ2) is 7.73. The molecule has 1 aromatic rings. The highest BCUT2D eigenvalue weighted by atomic mass is 19.1. The van der Waals surface area contributed by atoms with E-state index in [0.717, 1.165) is 44.9 Å². The molecule has 2 amide bonds. The molecule has 0 aliphatic carbocycles. The number of pyridine rings is 1. The third-order valence-corrected chi connectivity index (χ3v) is 6.32. The maximum absolute atomic E-state index is 13.9. The standard InChI is InChI=1S/C20H25F2N3O3/c21-14-10-16(22)18(23-11-14)19(27)24-7-5-20(6-8-24)4-3-17(26)25(13-20)12-15-2-1-9-28-15/h10-11,15H,1-9,12-13H2. The Hall–Kier alpha value is -2.09. The van der Waals surface area contributed by atoms with Gasteiger partial charge < -0.3 is 14.5 Å². The summed E-state index contributed by atoms with van der Waals surface area (Å²) in [4.78, 5) is 32.1. The number of piperidine rings is 2. The van der Waals surface area contributed by atoms with Crippen molar-refractivity contribution in [3.63, 3.8) is 0 Å². The Morgan fingerprint density at radius 2 is 2.07 bits per heavy atom. The zero-order chi connectivity index (χ0) is 19.7. The van der Waals surface area contributed by atoms with Crippen LogP contribution in [0, 0.1) is 17.0 Å². The number of halogens is 2. The van der Waals surface area contributed by atoms with Gasteiger partial charge in [-0.15, -0.1) is 0 Å². The Morgan fingerprint density at radius 1 is 1.29 bits per heavy atom. The lowest BCUT2D eigenvalue weighted by Gasteiger charge is -2.47. The van der Waals surface area contributed by atoms with Crippen LogP contribution in [0.2, 0.25) is 0 Å². The maximum Gasteiger partial charge on any atom is 0.275 e. The van der Waals surface area contributed by atoms with Crippen molar-refractivity contribution in [1.29, 1.82) is 0 Å². The summed E-state index contributed by atoms with van der Waals surface area (Å²) in [6.45, 7) is 3.08. The molecular weight excluding hydrogens is 368 g/mol. The minimum Gasteiger partial charge on any atom is -0.376 e. The molecule has 0 bridgehead atoms. The van der Waals surface area contributed by atoms with Crippen molar-refractivity contribution >= 4 is 11.8 Å². The molecule has 152 valence electrons. The predicted molar refractivity (Wildman–Crippen MR) is 96.5 cm³/mol. The van der Waals surface area contributed by atoms with Gasteiger partial charge in [0.1, 0.15) is 5.82 Å². The fourth-order valence-corrected chi connectivity index (χ4v) is 4.62. The number of aromatic nitrogens is 1. The second-order valence-corrected chi connectivity index (χ2v) is 8.19. The summed E-state index contributed by atoms with van der Waals surface area (Å²) in [5.41, 5.74) is -0.339. The van der Waals surface area contributed by atoms with Gasteiger partial charge in [0.15, 0.2) is 11.5 Å². The summed E-state index contributed by atoms with van der Waals surface area (Å²) in [5, 5.41) is 0. The Balaban J connectivity index is 1.38. The van der Waals surface area contributed by atoms with Gasteiger partial charge in [-0.2, -0.15) is 0 Å². The third kappa shape index (κ3) is 3.87. The summed E-state index contributed by atoms with van der Waals surface area (Å²) in [6.07, 6.45) is 5.89. The summed E-state index contributed by atoms with van der Waals surface area (Å²) in [7, 11) is 0. The molecule has 4 rings (SSSR count). The Morgan fingerprint density at radius 3 is 2.75 bits per heavy atom. The van der Waals surface area contributed by atoms with Crippen LogP contribution in [0.15, 0.2) is 12.3 Å². The van der Waals surface area contributed by atoms with Crippen molar-refractivity contribution in [3.8, 4) is 0 Å². The quantitative estimate of drug-likeness (QED) is 0.791. The molecule has 0 radical (unpaired) electrons. The lowest BCUT2D eigenvalue weighted by atomic mass is 9.72. The summed E-state index contributed by atoms with van der Waals surface area (Å²) in [5.74, 6) is -2.06. The van der Waals surface area contributed by atoms with E-state index >= 15 is 0 Å². The van der Waals surface area contributed by atoms with Crippen molar-refractivity contribution in [2.45, 2.75) is 44.6 Å². The minimum absolute atomic E-state index is 0.00192. The van der Waals surface area contributed by atoms with Crippen LogP contribution in [-0.2, 0) is 9.53 Å². The topological polar surface area (TPSA) is 62.7 Å². The molecule has 1 unspecified atom stereocenters. The molecule has 3 aliphatic heterocycles. The first kappa shape index (κ1) is 19.2. The van der Waals surface area contributed by atoms with Gasteiger partial charge in [0.05, 0.1) is 12.3 Å². The van der Waals surface area contributed by atoms with E-state index in [1.54, 1.807) is 4.90 Å². The molecule has 8 heteroatoms. The number of nitrogens with zero attached hydrogens (tertiary/aromatic N) is 3. The zero-order valence-corrected chi connectivity index (χ0v) is 15.8. The zero-order valence-electron chi connectivity index (χ0n) is 15.8. The van der Waals surface area contributed by atoms with Crippen LogP contribution in [0.4, 0.5) is 8.78 Å². The summed E-state index contributed by atoms with van der Waals surface area (Å²) < 4.78 is 32.6. The van der Waals surface area contributed by atoms with Gasteiger partial charge in [-0.25, -0.2) is 13.8 Å². The van der Waals surface area contributed by atoms with Crippen molar-refractivity contribution in [3.05, 3.63) is 29.6 Å². The van der Waals surface area contributed by atoms with Crippen LogP contribution in [0.25, 0.3) is 0 Å². The normalized spacial score (nSPS) is 24.8. The van der Waals surface area contributed by atoms with E-state index < -0.39 is 17.5 Å². The second-order valence-electron chi connectivity index (χ2n) is 8.19. The number of hydrogen-bond acceptors (Lipinski definition) is 4. The van der Waals surface area contributed by atoms with Crippen LogP contribution in [0.5, 0.6) is 0 Å². The highest BCUT2D eigenvalue weighted by Gasteiger charge is 2.42. The fourth-order valence-electron chi connectivity index (χ4n) is 4.62. The third-order valence-electron chi connectivity index (χ3n) is 6.32. The Labute approximate surface area is 162 Å². The number of hydrogen-bond donors (Lipinski definition) is 0. The van der Waals surface area contributed by atoms with Gasteiger partial charge in [-0.3, -0.25) is 9.59 Å². The molecule has 3 aliphatic rings. The molecular formula is C20H25F2N3O3. The lowest BCUT2D eigenvalue weighted by Crippen LogP contribution is -2.53. The monoisotopic (exact) mass is 393 g/mol. The number of rotatable bonds is 3. The van der Waals surface area contributed by atoms with Crippen LogP contribution in [0.1, 0.15) is 49.0 Å². The highest BCUT2D eigenvalue weighted by Crippen LogP contribution is 2.40. The first-order chi connectivity index (χ1) is 13.5. The van der Waals surface area contributed by atoms with E-state index in [4.69, 9.17) is 4.74 Å². The molecule has 0 N–H and O–H groups in total. The first-order valence-corrected chi connectivity index (χ1v) is 9.95. The number of carbonyl (C=O) groups is 2. The van der Waals surface area contributed by atoms with E-state index in [2.05, 4.69) is 4.98 Å². The summed E-state index contributed by atoms with van der Waals surface area (Å²) in [6, 6.07) is 0.682. The Bertz CT molecular complexity index is 759. The summed E-state index contributed by atoms with van der Waals surface area (Å²) >= 11 is 0. The van der Waals surface area contributed by atoms with Gasteiger partial charge in [0.2, 0.25) is 5.91 Å². The molecule has 1 atom stereocenters. The van der Waals surface area contributed by atoms with Crippen LogP contribution < -0.4 is 0 Å². The molecule has 28 heavy (non-hydrogen) atoms. The van der Waals surface area contributed by atoms with Crippen molar-refractivity contribution in [2.75, 3.05) is 32.8 Å². The average molecular weight is 393 g/mol. The molecule has 4 heterocycles. The first-order valence-electron chi connectivity index (χ1n) is 9.95. The van der Waals surface area contributed by atoms with Crippen LogP contribution in [0.3, 0.4) is 0 Å². The van der Waals surface area contributed by atoms with Gasteiger partial charge in [-0.05, 0) is 37.5 Å². The average Bonchev–Trinajstić information content (AvgIpc) is 3.18. The molecule has 1 spiro atoms. The van der Waals surface area contributed by atoms with Crippen LogP contribution in [-0.4, -0.2) is 65.5 Å². The molecule has 0 aromatic carbocycles. The van der Waals surface area contributed by atoms with Gasteiger partial charge in [0, 0.05) is 45.3 Å². The Kier molecular flexibility index (Phi) is 5.31. The van der Waals surface area contributed by atoms with Crippen LogP contribution >= 0.6 is 0 Å². The molecule has 6 nitrogen and oxygen atoms in total. The van der Waals surface area contributed by atoms with Crippen molar-refractivity contribution < 1.29 is 23.1 Å².